The maximum atomic E-state index is 11.9. The van der Waals surface area contributed by atoms with E-state index in [1.165, 1.54) is 10.5 Å². The molecule has 0 spiro atoms. The molecule has 118 valence electrons. The van der Waals surface area contributed by atoms with Crippen LogP contribution in [0.15, 0.2) is 35.2 Å². The zero-order valence-electron chi connectivity index (χ0n) is 13.4. The lowest BCUT2D eigenvalue weighted by Crippen LogP contribution is -2.26. The lowest BCUT2D eigenvalue weighted by Gasteiger charge is -2.07. The third kappa shape index (κ3) is 4.91. The van der Waals surface area contributed by atoms with Gasteiger partial charge in [0.25, 0.3) is 0 Å². The van der Waals surface area contributed by atoms with Crippen molar-refractivity contribution in [2.75, 3.05) is 12.8 Å². The van der Waals surface area contributed by atoms with Gasteiger partial charge in [-0.05, 0) is 50.3 Å². The molecule has 0 unspecified atom stereocenters. The third-order valence-electron chi connectivity index (χ3n) is 3.55. The second-order valence-electron chi connectivity index (χ2n) is 5.35. The zero-order chi connectivity index (χ0) is 15.9. The Morgan fingerprint density at radius 2 is 2.00 bits per heavy atom. The SMILES string of the molecule is CSc1ccc(CCNC(=O)CCn2nc(C)cc2C)cc1. The molecule has 0 saturated heterocycles. The van der Waals surface area contributed by atoms with Crippen molar-refractivity contribution in [1.82, 2.24) is 15.1 Å². The van der Waals surface area contributed by atoms with Gasteiger partial charge in [-0.25, -0.2) is 0 Å². The topological polar surface area (TPSA) is 46.9 Å². The van der Waals surface area contributed by atoms with Crippen LogP contribution in [0.1, 0.15) is 23.4 Å². The highest BCUT2D eigenvalue weighted by Gasteiger charge is 2.05. The Balaban J connectivity index is 1.70. The molecule has 1 amide bonds. The lowest BCUT2D eigenvalue weighted by molar-refractivity contribution is -0.121. The van der Waals surface area contributed by atoms with Gasteiger partial charge in [0.15, 0.2) is 0 Å². The monoisotopic (exact) mass is 317 g/mol. The van der Waals surface area contributed by atoms with E-state index in [0.29, 0.717) is 19.5 Å². The van der Waals surface area contributed by atoms with Crippen LogP contribution in [-0.4, -0.2) is 28.5 Å². The Labute approximate surface area is 136 Å². The highest BCUT2D eigenvalue weighted by molar-refractivity contribution is 7.98. The van der Waals surface area contributed by atoms with Crippen molar-refractivity contribution >= 4 is 17.7 Å². The van der Waals surface area contributed by atoms with Crippen molar-refractivity contribution in [2.24, 2.45) is 0 Å². The molecule has 1 heterocycles. The zero-order valence-corrected chi connectivity index (χ0v) is 14.2. The number of hydrogen-bond donors (Lipinski definition) is 1. The van der Waals surface area contributed by atoms with Crippen molar-refractivity contribution in [3.8, 4) is 0 Å². The molecule has 5 heteroatoms. The fourth-order valence-corrected chi connectivity index (χ4v) is 2.74. The van der Waals surface area contributed by atoms with Gasteiger partial charge in [0.1, 0.15) is 0 Å². The molecule has 2 aromatic rings. The number of carbonyl (C=O) groups is 1. The highest BCUT2D eigenvalue weighted by Crippen LogP contribution is 2.14. The molecule has 0 fully saturated rings. The first-order valence-electron chi connectivity index (χ1n) is 7.49. The minimum absolute atomic E-state index is 0.0771. The molecule has 1 aromatic carbocycles. The molecule has 0 saturated carbocycles. The summed E-state index contributed by atoms with van der Waals surface area (Å²) in [5.74, 6) is 0.0771. The summed E-state index contributed by atoms with van der Waals surface area (Å²) in [5, 5.41) is 7.33. The van der Waals surface area contributed by atoms with Gasteiger partial charge in [-0.1, -0.05) is 12.1 Å². The second-order valence-corrected chi connectivity index (χ2v) is 6.23. The van der Waals surface area contributed by atoms with Crippen molar-refractivity contribution in [1.29, 1.82) is 0 Å². The number of carbonyl (C=O) groups excluding carboxylic acids is 1. The highest BCUT2D eigenvalue weighted by atomic mass is 32.2. The van der Waals surface area contributed by atoms with Crippen molar-refractivity contribution in [3.63, 3.8) is 0 Å². The standard InChI is InChI=1S/C17H23N3OS/c1-13-12-14(2)20(19-13)11-9-17(21)18-10-8-15-4-6-16(22-3)7-5-15/h4-7,12H,8-11H2,1-3H3,(H,18,21). The number of aryl methyl sites for hydroxylation is 3. The first-order chi connectivity index (χ1) is 10.6. The van der Waals surface area contributed by atoms with E-state index in [1.807, 2.05) is 24.6 Å². The van der Waals surface area contributed by atoms with Crippen LogP contribution in [0.3, 0.4) is 0 Å². The molecular weight excluding hydrogens is 294 g/mol. The molecule has 0 aliphatic carbocycles. The number of benzene rings is 1. The van der Waals surface area contributed by atoms with Gasteiger partial charge < -0.3 is 5.32 Å². The number of thioether (sulfide) groups is 1. The number of aromatic nitrogens is 2. The Morgan fingerprint density at radius 1 is 1.27 bits per heavy atom. The maximum absolute atomic E-state index is 11.9. The van der Waals surface area contributed by atoms with E-state index in [2.05, 4.69) is 40.9 Å². The summed E-state index contributed by atoms with van der Waals surface area (Å²) in [6.45, 7) is 5.28. The smallest absolute Gasteiger partial charge is 0.221 e. The molecular formula is C17H23N3OS. The molecule has 0 aliphatic rings. The predicted octanol–water partition coefficient (Wildman–Crippen LogP) is 2.97. The van der Waals surface area contributed by atoms with E-state index in [9.17, 15) is 4.79 Å². The van der Waals surface area contributed by atoms with E-state index in [1.54, 1.807) is 11.8 Å². The molecule has 1 aromatic heterocycles. The Kier molecular flexibility index (Phi) is 6.07. The van der Waals surface area contributed by atoms with E-state index in [4.69, 9.17) is 0 Å². The number of rotatable bonds is 7. The fourth-order valence-electron chi connectivity index (χ4n) is 2.34. The van der Waals surface area contributed by atoms with Crippen LogP contribution in [0, 0.1) is 13.8 Å². The predicted molar refractivity (Wildman–Crippen MR) is 91.3 cm³/mol. The first kappa shape index (κ1) is 16.6. The first-order valence-corrected chi connectivity index (χ1v) is 8.71. The number of hydrogen-bond acceptors (Lipinski definition) is 3. The average molecular weight is 317 g/mol. The number of amides is 1. The molecule has 2 rings (SSSR count). The van der Waals surface area contributed by atoms with E-state index < -0.39 is 0 Å². The quantitative estimate of drug-likeness (QED) is 0.799. The molecule has 1 N–H and O–H groups in total. The number of nitrogens with one attached hydrogen (secondary N) is 1. The van der Waals surface area contributed by atoms with Gasteiger partial charge in [0.2, 0.25) is 5.91 Å². The van der Waals surface area contributed by atoms with E-state index in [-0.39, 0.29) is 5.91 Å². The minimum Gasteiger partial charge on any atom is -0.356 e. The Morgan fingerprint density at radius 3 is 2.59 bits per heavy atom. The second kappa shape index (κ2) is 8.03. The molecule has 22 heavy (non-hydrogen) atoms. The summed E-state index contributed by atoms with van der Waals surface area (Å²) in [5.41, 5.74) is 3.34. The largest absolute Gasteiger partial charge is 0.356 e. The summed E-state index contributed by atoms with van der Waals surface area (Å²) in [6.07, 6.45) is 3.39. The summed E-state index contributed by atoms with van der Waals surface area (Å²) in [4.78, 5) is 13.1. The van der Waals surface area contributed by atoms with Crippen molar-refractivity contribution in [3.05, 3.63) is 47.3 Å². The van der Waals surface area contributed by atoms with Crippen LogP contribution in [-0.2, 0) is 17.8 Å². The Bertz CT molecular complexity index is 619. The van der Waals surface area contributed by atoms with Gasteiger partial charge in [-0.3, -0.25) is 9.48 Å². The van der Waals surface area contributed by atoms with Gasteiger partial charge >= 0.3 is 0 Å². The van der Waals surface area contributed by atoms with E-state index >= 15 is 0 Å². The summed E-state index contributed by atoms with van der Waals surface area (Å²) >= 11 is 1.74. The van der Waals surface area contributed by atoms with Crippen molar-refractivity contribution < 1.29 is 4.79 Å². The van der Waals surface area contributed by atoms with Crippen LogP contribution in [0.2, 0.25) is 0 Å². The van der Waals surface area contributed by atoms with Crippen LogP contribution in [0.25, 0.3) is 0 Å². The average Bonchev–Trinajstić information content (AvgIpc) is 2.84. The summed E-state index contributed by atoms with van der Waals surface area (Å²) < 4.78 is 1.88. The maximum Gasteiger partial charge on any atom is 0.221 e. The van der Waals surface area contributed by atoms with Gasteiger partial charge in [0, 0.05) is 30.1 Å². The van der Waals surface area contributed by atoms with Gasteiger partial charge in [-0.15, -0.1) is 11.8 Å². The molecule has 0 radical (unpaired) electrons. The van der Waals surface area contributed by atoms with Crippen LogP contribution in [0.5, 0.6) is 0 Å². The van der Waals surface area contributed by atoms with Crippen LogP contribution >= 0.6 is 11.8 Å². The molecule has 0 bridgehead atoms. The van der Waals surface area contributed by atoms with E-state index in [0.717, 1.165) is 17.8 Å². The Hall–Kier alpha value is -1.75. The summed E-state index contributed by atoms with van der Waals surface area (Å²) in [6, 6.07) is 10.5. The normalized spacial score (nSPS) is 10.7. The van der Waals surface area contributed by atoms with Crippen molar-refractivity contribution in [2.45, 2.75) is 38.1 Å². The fraction of sp³-hybridized carbons (Fsp3) is 0.412. The molecule has 0 aliphatic heterocycles. The third-order valence-corrected chi connectivity index (χ3v) is 4.29. The lowest BCUT2D eigenvalue weighted by atomic mass is 10.1. The number of nitrogens with zero attached hydrogens (tertiary/aromatic N) is 2. The summed E-state index contributed by atoms with van der Waals surface area (Å²) in [7, 11) is 0. The molecule has 4 nitrogen and oxygen atoms in total. The van der Waals surface area contributed by atoms with Crippen LogP contribution < -0.4 is 5.32 Å². The van der Waals surface area contributed by atoms with Gasteiger partial charge in [0.05, 0.1) is 5.69 Å². The van der Waals surface area contributed by atoms with Gasteiger partial charge in [-0.2, -0.15) is 5.10 Å². The molecule has 0 atom stereocenters. The van der Waals surface area contributed by atoms with Crippen LogP contribution in [0.4, 0.5) is 0 Å². The minimum atomic E-state index is 0.0771.